The monoisotopic (exact) mass is 334 g/mol. The van der Waals surface area contributed by atoms with Gasteiger partial charge in [0.1, 0.15) is 0 Å². The van der Waals surface area contributed by atoms with Crippen LogP contribution in [0.1, 0.15) is 37.0 Å². The Balaban J connectivity index is 0.00000121. The van der Waals surface area contributed by atoms with E-state index >= 15 is 0 Å². The third-order valence-corrected chi connectivity index (χ3v) is 6.42. The van der Waals surface area contributed by atoms with E-state index in [-0.39, 0.29) is 42.2 Å². The van der Waals surface area contributed by atoms with Crippen LogP contribution >= 0.6 is 11.3 Å². The van der Waals surface area contributed by atoms with Crippen LogP contribution in [-0.2, 0) is 11.2 Å². The van der Waals surface area contributed by atoms with Crippen molar-refractivity contribution in [3.8, 4) is 0 Å². The molecule has 1 aliphatic heterocycles. The number of nitrogens with zero attached hydrogens (tertiary/aromatic N) is 1. The second-order valence-electron chi connectivity index (χ2n) is 6.66. The molecular weight excluding hydrogens is 311 g/mol. The van der Waals surface area contributed by atoms with E-state index in [2.05, 4.69) is 41.8 Å². The van der Waals surface area contributed by atoms with Crippen molar-refractivity contribution in [2.45, 2.75) is 44.1 Å². The average molecular weight is 335 g/mol. The molecule has 0 unspecified atom stereocenters. The van der Waals surface area contributed by atoms with Crippen LogP contribution in [0.25, 0.3) is 0 Å². The van der Waals surface area contributed by atoms with E-state index in [1.54, 1.807) is 0 Å². The Hall–Kier alpha value is 0.0174. The summed E-state index contributed by atoms with van der Waals surface area (Å²) in [6, 6.07) is 4.38. The van der Waals surface area contributed by atoms with Crippen molar-refractivity contribution in [3.05, 3.63) is 22.4 Å². The zero-order valence-electron chi connectivity index (χ0n) is 13.8. The molecule has 1 aromatic heterocycles. The van der Waals surface area contributed by atoms with Gasteiger partial charge in [-0.1, -0.05) is 6.07 Å². The summed E-state index contributed by atoms with van der Waals surface area (Å²) < 4.78 is 0. The largest absolute Gasteiger partial charge is 1.00 e. The minimum absolute atomic E-state index is 0. The number of hydrogen-bond donors (Lipinski definition) is 1. The number of carbonyl (C=O) groups is 1. The van der Waals surface area contributed by atoms with E-state index in [1.165, 1.54) is 4.88 Å². The maximum Gasteiger partial charge on any atom is 1.00 e. The summed E-state index contributed by atoms with van der Waals surface area (Å²) >= 11 is 1.85. The number of nitrogens with one attached hydrogen (secondary N) is 1. The van der Waals surface area contributed by atoms with Crippen molar-refractivity contribution < 1.29 is 36.1 Å². The summed E-state index contributed by atoms with van der Waals surface area (Å²) in [6.07, 6.45) is 6.51. The summed E-state index contributed by atoms with van der Waals surface area (Å²) in [6.45, 7) is 0.874. The predicted octanol–water partition coefficient (Wildman–Crippen LogP) is -3.32. The summed E-state index contributed by atoms with van der Waals surface area (Å²) in [5, 5.41) is 5.19. The number of hydrogen-bond acceptors (Lipinski definition) is 3. The molecule has 1 saturated heterocycles. The fourth-order valence-corrected chi connectivity index (χ4v) is 4.75. The number of thiophene rings is 1. The fourth-order valence-electron chi connectivity index (χ4n) is 3.91. The van der Waals surface area contributed by atoms with Gasteiger partial charge in [0.25, 0.3) is 0 Å². The normalized spacial score (nSPS) is 30.8. The summed E-state index contributed by atoms with van der Waals surface area (Å²) in [5.74, 6) is 0.306. The third-order valence-electron chi connectivity index (χ3n) is 5.54. The first kappa shape index (κ1) is 20.1. The third kappa shape index (κ3) is 3.57. The second kappa shape index (κ2) is 7.73. The Kier molecular flexibility index (Phi) is 7.04. The molecule has 1 spiro atoms. The Morgan fingerprint density at radius 3 is 2.36 bits per heavy atom. The molecule has 0 atom stereocenters. The first-order valence-corrected chi connectivity index (χ1v) is 8.43. The Morgan fingerprint density at radius 2 is 1.91 bits per heavy atom. The smallest absolute Gasteiger partial charge is 1.00 e. The van der Waals surface area contributed by atoms with Crippen LogP contribution < -0.4 is 36.6 Å². The molecule has 1 amide bonds. The number of carbonyl (C=O) groups excluding carboxylic acids is 1. The summed E-state index contributed by atoms with van der Waals surface area (Å²) in [7, 11) is 4.39. The molecule has 1 aliphatic carbocycles. The SMILES string of the molecule is CN(C)C1(Cc2cccs2)CCC2(CCNC2=O)CC1.[Cl-].[Li+]. The van der Waals surface area contributed by atoms with Gasteiger partial charge in [-0.15, -0.1) is 11.3 Å². The Morgan fingerprint density at radius 1 is 1.23 bits per heavy atom. The fraction of sp³-hybridized carbons (Fsp3) is 0.688. The minimum Gasteiger partial charge on any atom is -1.00 e. The van der Waals surface area contributed by atoms with Crippen LogP contribution in [0, 0.1) is 5.41 Å². The van der Waals surface area contributed by atoms with Crippen molar-refractivity contribution in [2.24, 2.45) is 5.41 Å². The van der Waals surface area contributed by atoms with E-state index < -0.39 is 0 Å². The molecule has 2 aliphatic rings. The quantitative estimate of drug-likeness (QED) is 0.587. The molecule has 0 aromatic carbocycles. The molecule has 0 radical (unpaired) electrons. The molecular formula is C16H24ClLiN2OS. The standard InChI is InChI=1S/C16H24N2OS.ClH.Li/c1-18(2)16(12-13-4-3-11-20-13)7-5-15(6-8-16)9-10-17-14(15)19;;/h3-4,11H,5-10,12H2,1-2H3,(H,17,19);1H;/q;;+1/p-1. The van der Waals surface area contributed by atoms with Crippen molar-refractivity contribution in [1.29, 1.82) is 0 Å². The number of rotatable bonds is 3. The number of likely N-dealkylation sites (N-methyl/N-ethyl adjacent to an activating group) is 1. The van der Waals surface area contributed by atoms with Gasteiger partial charge in [-0.3, -0.25) is 4.79 Å². The van der Waals surface area contributed by atoms with E-state index in [9.17, 15) is 4.79 Å². The van der Waals surface area contributed by atoms with Crippen molar-refractivity contribution >= 4 is 17.2 Å². The Bertz CT molecular complexity index is 484. The number of amides is 1. The van der Waals surface area contributed by atoms with Gasteiger partial charge in [-0.05, 0) is 57.6 Å². The van der Waals surface area contributed by atoms with Crippen LogP contribution in [0.5, 0.6) is 0 Å². The van der Waals surface area contributed by atoms with Gasteiger partial charge in [0, 0.05) is 23.4 Å². The topological polar surface area (TPSA) is 32.3 Å². The van der Waals surface area contributed by atoms with Gasteiger partial charge in [0.15, 0.2) is 0 Å². The van der Waals surface area contributed by atoms with Crippen LogP contribution in [0.4, 0.5) is 0 Å². The van der Waals surface area contributed by atoms with Crippen LogP contribution in [0.3, 0.4) is 0 Å². The van der Waals surface area contributed by atoms with Gasteiger partial charge in [0.05, 0.1) is 5.41 Å². The Labute approximate surface area is 155 Å². The van der Waals surface area contributed by atoms with Crippen LogP contribution in [-0.4, -0.2) is 37.0 Å². The molecule has 3 rings (SSSR count). The zero-order valence-corrected chi connectivity index (χ0v) is 15.4. The molecule has 118 valence electrons. The minimum atomic E-state index is -0.0467. The van der Waals surface area contributed by atoms with Gasteiger partial charge in [-0.25, -0.2) is 0 Å². The van der Waals surface area contributed by atoms with Crippen LogP contribution in [0.2, 0.25) is 0 Å². The van der Waals surface area contributed by atoms with E-state index in [1.807, 2.05) is 11.3 Å². The van der Waals surface area contributed by atoms with Crippen LogP contribution in [0.15, 0.2) is 17.5 Å². The second-order valence-corrected chi connectivity index (χ2v) is 7.69. The summed E-state index contributed by atoms with van der Waals surface area (Å²) in [5.41, 5.74) is 0.188. The molecule has 1 aromatic rings. The number of halogens is 1. The first-order valence-electron chi connectivity index (χ1n) is 7.55. The molecule has 22 heavy (non-hydrogen) atoms. The average Bonchev–Trinajstić information content (AvgIpc) is 3.04. The molecule has 0 bridgehead atoms. The molecule has 3 nitrogen and oxygen atoms in total. The summed E-state index contributed by atoms with van der Waals surface area (Å²) in [4.78, 5) is 16.0. The molecule has 2 heterocycles. The van der Waals surface area contributed by atoms with Crippen molar-refractivity contribution in [2.75, 3.05) is 20.6 Å². The molecule has 2 fully saturated rings. The predicted molar refractivity (Wildman–Crippen MR) is 83.0 cm³/mol. The van der Waals surface area contributed by atoms with E-state index in [0.29, 0.717) is 5.91 Å². The van der Waals surface area contributed by atoms with E-state index in [0.717, 1.165) is 45.1 Å². The van der Waals surface area contributed by atoms with Gasteiger partial charge in [0.2, 0.25) is 5.91 Å². The van der Waals surface area contributed by atoms with E-state index in [4.69, 9.17) is 0 Å². The molecule has 1 N–H and O–H groups in total. The maximum atomic E-state index is 12.1. The van der Waals surface area contributed by atoms with Gasteiger partial charge >= 0.3 is 18.9 Å². The van der Waals surface area contributed by atoms with Gasteiger partial charge in [-0.2, -0.15) is 0 Å². The molecule has 6 heteroatoms. The van der Waals surface area contributed by atoms with Gasteiger partial charge < -0.3 is 22.6 Å². The van der Waals surface area contributed by atoms with Crippen molar-refractivity contribution in [1.82, 2.24) is 10.2 Å². The van der Waals surface area contributed by atoms with Crippen molar-refractivity contribution in [3.63, 3.8) is 0 Å². The molecule has 1 saturated carbocycles. The zero-order chi connectivity index (χ0) is 14.2. The maximum absolute atomic E-state index is 12.1. The first-order chi connectivity index (χ1) is 9.56.